The van der Waals surface area contributed by atoms with Gasteiger partial charge in [-0.2, -0.15) is 10.4 Å². The zero-order valence-electron chi connectivity index (χ0n) is 12.8. The van der Waals surface area contributed by atoms with Crippen LogP contribution in [0.15, 0.2) is 30.5 Å². The number of benzene rings is 1. The molecule has 1 heterocycles. The number of rotatable bonds is 7. The molecule has 114 valence electrons. The topological polar surface area (TPSA) is 67.7 Å². The van der Waals surface area contributed by atoms with E-state index in [-0.39, 0.29) is 0 Å². The number of H-pyrrole nitrogens is 1. The standard InChI is InChI=1S/C17H21N5/c1-22(9-8-19-16-6-7-16)12-15-11-20-21-17(15)14-4-2-13(10-18)3-5-14/h2-5,11,16,19H,6-9,12H2,1H3,(H,20,21). The SMILES string of the molecule is CN(CCNC1CC1)Cc1c[nH]nc1-c1ccc(C#N)cc1. The van der Waals surface area contributed by atoms with Gasteiger partial charge in [-0.1, -0.05) is 12.1 Å². The third-order valence-corrected chi connectivity index (χ3v) is 3.95. The average Bonchev–Trinajstić information content (AvgIpc) is 3.25. The van der Waals surface area contributed by atoms with E-state index in [4.69, 9.17) is 5.26 Å². The zero-order valence-corrected chi connectivity index (χ0v) is 12.8. The Balaban J connectivity index is 1.61. The van der Waals surface area contributed by atoms with E-state index in [1.54, 1.807) is 0 Å². The van der Waals surface area contributed by atoms with E-state index in [1.165, 1.54) is 18.4 Å². The zero-order chi connectivity index (χ0) is 15.4. The van der Waals surface area contributed by atoms with Crippen molar-refractivity contribution >= 4 is 0 Å². The molecule has 0 radical (unpaired) electrons. The first-order chi connectivity index (χ1) is 10.8. The minimum Gasteiger partial charge on any atom is -0.313 e. The molecule has 5 heteroatoms. The smallest absolute Gasteiger partial charge is 0.0991 e. The Morgan fingerprint density at radius 1 is 1.36 bits per heavy atom. The van der Waals surface area contributed by atoms with Crippen molar-refractivity contribution in [3.05, 3.63) is 41.6 Å². The molecular weight excluding hydrogens is 274 g/mol. The van der Waals surface area contributed by atoms with Crippen LogP contribution in [0.2, 0.25) is 0 Å². The van der Waals surface area contributed by atoms with Gasteiger partial charge >= 0.3 is 0 Å². The molecule has 0 unspecified atom stereocenters. The van der Waals surface area contributed by atoms with Gasteiger partial charge in [0, 0.05) is 43.0 Å². The molecule has 22 heavy (non-hydrogen) atoms. The molecule has 1 fully saturated rings. The number of aromatic nitrogens is 2. The third kappa shape index (κ3) is 3.73. The van der Waals surface area contributed by atoms with Gasteiger partial charge in [0.2, 0.25) is 0 Å². The van der Waals surface area contributed by atoms with Gasteiger partial charge in [-0.15, -0.1) is 0 Å². The Morgan fingerprint density at radius 3 is 2.82 bits per heavy atom. The predicted octanol–water partition coefficient (Wildman–Crippen LogP) is 2.13. The fourth-order valence-corrected chi connectivity index (χ4v) is 2.50. The van der Waals surface area contributed by atoms with Gasteiger partial charge in [0.15, 0.2) is 0 Å². The normalized spacial score (nSPS) is 14.2. The lowest BCUT2D eigenvalue weighted by Crippen LogP contribution is -2.30. The van der Waals surface area contributed by atoms with Crippen molar-refractivity contribution in [2.75, 3.05) is 20.1 Å². The van der Waals surface area contributed by atoms with Crippen LogP contribution in [0.1, 0.15) is 24.0 Å². The van der Waals surface area contributed by atoms with Gasteiger partial charge in [-0.25, -0.2) is 0 Å². The molecule has 0 saturated heterocycles. The van der Waals surface area contributed by atoms with Crippen molar-refractivity contribution in [2.45, 2.75) is 25.4 Å². The number of hydrogen-bond acceptors (Lipinski definition) is 4. The number of likely N-dealkylation sites (N-methyl/N-ethyl adjacent to an activating group) is 1. The Bertz CT molecular complexity index is 648. The van der Waals surface area contributed by atoms with Gasteiger partial charge in [0.05, 0.1) is 17.3 Å². The van der Waals surface area contributed by atoms with E-state index in [0.29, 0.717) is 5.56 Å². The van der Waals surface area contributed by atoms with Gasteiger partial charge in [0.25, 0.3) is 0 Å². The van der Waals surface area contributed by atoms with Crippen LogP contribution in [0.5, 0.6) is 0 Å². The molecule has 3 rings (SSSR count). The lowest BCUT2D eigenvalue weighted by atomic mass is 10.1. The number of nitrogens with zero attached hydrogens (tertiary/aromatic N) is 3. The Morgan fingerprint density at radius 2 is 2.14 bits per heavy atom. The Labute approximate surface area is 131 Å². The van der Waals surface area contributed by atoms with Crippen LogP contribution in [0.3, 0.4) is 0 Å². The molecule has 5 nitrogen and oxygen atoms in total. The van der Waals surface area contributed by atoms with E-state index >= 15 is 0 Å². The summed E-state index contributed by atoms with van der Waals surface area (Å²) in [5.41, 5.74) is 3.86. The van der Waals surface area contributed by atoms with Crippen molar-refractivity contribution in [3.63, 3.8) is 0 Å². The molecule has 2 N–H and O–H groups in total. The van der Waals surface area contributed by atoms with Crippen molar-refractivity contribution < 1.29 is 0 Å². The second kappa shape index (κ2) is 6.73. The maximum absolute atomic E-state index is 8.87. The van der Waals surface area contributed by atoms with Crippen molar-refractivity contribution in [1.82, 2.24) is 20.4 Å². The highest BCUT2D eigenvalue weighted by Gasteiger charge is 2.20. The molecular formula is C17H21N5. The summed E-state index contributed by atoms with van der Waals surface area (Å²) >= 11 is 0. The second-order valence-electron chi connectivity index (χ2n) is 5.91. The molecule has 0 spiro atoms. The molecule has 1 aliphatic carbocycles. The lowest BCUT2D eigenvalue weighted by molar-refractivity contribution is 0.324. The number of nitrogens with one attached hydrogen (secondary N) is 2. The fraction of sp³-hybridized carbons (Fsp3) is 0.412. The van der Waals surface area contributed by atoms with E-state index < -0.39 is 0 Å². The predicted molar refractivity (Wildman–Crippen MR) is 86.1 cm³/mol. The summed E-state index contributed by atoms with van der Waals surface area (Å²) in [6.07, 6.45) is 4.61. The maximum atomic E-state index is 8.87. The molecule has 1 aliphatic rings. The van der Waals surface area contributed by atoms with E-state index in [0.717, 1.165) is 36.9 Å². The van der Waals surface area contributed by atoms with Crippen LogP contribution in [0, 0.1) is 11.3 Å². The summed E-state index contributed by atoms with van der Waals surface area (Å²) in [4.78, 5) is 2.30. The number of nitriles is 1. The van der Waals surface area contributed by atoms with Gasteiger partial charge in [-0.3, -0.25) is 5.10 Å². The van der Waals surface area contributed by atoms with Crippen LogP contribution >= 0.6 is 0 Å². The molecule has 0 bridgehead atoms. The third-order valence-electron chi connectivity index (χ3n) is 3.95. The number of hydrogen-bond donors (Lipinski definition) is 2. The largest absolute Gasteiger partial charge is 0.313 e. The summed E-state index contributed by atoms with van der Waals surface area (Å²) in [6, 6.07) is 10.5. The molecule has 0 aliphatic heterocycles. The van der Waals surface area contributed by atoms with E-state index in [1.807, 2.05) is 30.5 Å². The highest BCUT2D eigenvalue weighted by Crippen LogP contribution is 2.22. The average molecular weight is 295 g/mol. The fourth-order valence-electron chi connectivity index (χ4n) is 2.50. The lowest BCUT2D eigenvalue weighted by Gasteiger charge is -2.16. The minimum atomic E-state index is 0.670. The van der Waals surface area contributed by atoms with Crippen molar-refractivity contribution in [2.24, 2.45) is 0 Å². The first kappa shape index (κ1) is 14.8. The highest BCUT2D eigenvalue weighted by atomic mass is 15.1. The summed E-state index contributed by atoms with van der Waals surface area (Å²) in [5.74, 6) is 0. The maximum Gasteiger partial charge on any atom is 0.0991 e. The molecule has 2 aromatic rings. The monoisotopic (exact) mass is 295 g/mol. The minimum absolute atomic E-state index is 0.670. The molecule has 1 saturated carbocycles. The van der Waals surface area contributed by atoms with Crippen molar-refractivity contribution in [1.29, 1.82) is 5.26 Å². The summed E-state index contributed by atoms with van der Waals surface area (Å²) in [5, 5.41) is 19.7. The van der Waals surface area contributed by atoms with E-state index in [2.05, 4.69) is 33.5 Å². The first-order valence-electron chi connectivity index (χ1n) is 7.71. The highest BCUT2D eigenvalue weighted by molar-refractivity contribution is 5.63. The Kier molecular flexibility index (Phi) is 4.52. The second-order valence-corrected chi connectivity index (χ2v) is 5.91. The quantitative estimate of drug-likeness (QED) is 0.821. The first-order valence-corrected chi connectivity index (χ1v) is 7.71. The van der Waals surface area contributed by atoms with Crippen LogP contribution in [0.25, 0.3) is 11.3 Å². The summed E-state index contributed by atoms with van der Waals surface area (Å²) in [6.45, 7) is 2.91. The summed E-state index contributed by atoms with van der Waals surface area (Å²) < 4.78 is 0. The van der Waals surface area contributed by atoms with E-state index in [9.17, 15) is 0 Å². The van der Waals surface area contributed by atoms with Crippen LogP contribution in [-0.4, -0.2) is 41.3 Å². The van der Waals surface area contributed by atoms with Crippen LogP contribution in [0.4, 0.5) is 0 Å². The molecule has 0 atom stereocenters. The number of aromatic amines is 1. The van der Waals surface area contributed by atoms with Gasteiger partial charge in [-0.05, 0) is 32.0 Å². The molecule has 1 aromatic carbocycles. The van der Waals surface area contributed by atoms with Crippen molar-refractivity contribution in [3.8, 4) is 17.3 Å². The van der Waals surface area contributed by atoms with Crippen LogP contribution < -0.4 is 5.32 Å². The molecule has 0 amide bonds. The van der Waals surface area contributed by atoms with Crippen LogP contribution in [-0.2, 0) is 6.54 Å². The van der Waals surface area contributed by atoms with Gasteiger partial charge in [0.1, 0.15) is 0 Å². The molecule has 1 aromatic heterocycles. The summed E-state index contributed by atoms with van der Waals surface area (Å²) in [7, 11) is 2.13. The van der Waals surface area contributed by atoms with Gasteiger partial charge < -0.3 is 10.2 Å². The Hall–Kier alpha value is -2.16.